The zero-order chi connectivity index (χ0) is 40.5. The molecule has 61 heavy (non-hydrogen) atoms. The van der Waals surface area contributed by atoms with Crippen LogP contribution < -0.4 is 0 Å². The molecule has 8 aromatic carbocycles. The van der Waals surface area contributed by atoms with Crippen LogP contribution in [0, 0.1) is 0 Å². The monoisotopic (exact) mass is 797 g/mol. The molecule has 0 spiro atoms. The Hall–Kier alpha value is -7.93. The molecule has 0 unspecified atom stereocenters. The van der Waals surface area contributed by atoms with Gasteiger partial charge in [-0.05, 0) is 63.7 Å². The summed E-state index contributed by atoms with van der Waals surface area (Å²) < 4.78 is 1.21. The number of aromatic nitrogens is 5. The van der Waals surface area contributed by atoms with E-state index >= 15 is 0 Å². The van der Waals surface area contributed by atoms with Crippen LogP contribution in [0.5, 0.6) is 0 Å². The molecule has 11 rings (SSSR count). The lowest BCUT2D eigenvalue weighted by atomic mass is 9.95. The third-order valence-electron chi connectivity index (χ3n) is 11.0. The molecule has 0 saturated carbocycles. The van der Waals surface area contributed by atoms with Crippen LogP contribution in [0.15, 0.2) is 212 Å². The summed E-state index contributed by atoms with van der Waals surface area (Å²) in [5.41, 5.74) is 12.5. The molecule has 0 aliphatic rings. The molecule has 0 fully saturated rings. The number of hydrogen-bond acceptors (Lipinski definition) is 6. The normalized spacial score (nSPS) is 11.3. The lowest BCUT2D eigenvalue weighted by Gasteiger charge is -2.11. The van der Waals surface area contributed by atoms with Gasteiger partial charge in [-0.15, -0.1) is 11.3 Å². The average molecular weight is 798 g/mol. The smallest absolute Gasteiger partial charge is 0.164 e. The fourth-order valence-electron chi connectivity index (χ4n) is 7.93. The molecular formula is C55H35N5S. The number of rotatable bonds is 8. The molecule has 3 heterocycles. The molecule has 286 valence electrons. The zero-order valence-electron chi connectivity index (χ0n) is 32.9. The van der Waals surface area contributed by atoms with E-state index in [4.69, 9.17) is 24.9 Å². The van der Waals surface area contributed by atoms with Crippen molar-refractivity contribution in [3.63, 3.8) is 0 Å². The van der Waals surface area contributed by atoms with Gasteiger partial charge in [0, 0.05) is 43.3 Å². The highest BCUT2D eigenvalue weighted by Crippen LogP contribution is 2.40. The Kier molecular flexibility index (Phi) is 9.30. The molecule has 6 heteroatoms. The summed E-state index contributed by atoms with van der Waals surface area (Å²) in [4.78, 5) is 26.2. The minimum atomic E-state index is 0.631. The van der Waals surface area contributed by atoms with Crippen molar-refractivity contribution < 1.29 is 0 Å². The van der Waals surface area contributed by atoms with E-state index in [1.54, 1.807) is 11.3 Å². The van der Waals surface area contributed by atoms with E-state index < -0.39 is 0 Å². The lowest BCUT2D eigenvalue weighted by Crippen LogP contribution is -2.00. The van der Waals surface area contributed by atoms with E-state index in [0.717, 1.165) is 82.9 Å². The minimum absolute atomic E-state index is 0.631. The standard InChI is InChI=1S/C55H35N5S/c1-4-16-36(17-5-1)50-49-47-30-10-11-31-48(47)61-55(49)60-53(56-50)45-28-14-26-43(34-45)41-24-12-22-39(32-41)40-23-13-25-42(33-40)44-27-15-29-46(35-44)54-58-51(37-18-6-2-7-19-37)57-52(59-54)38-20-8-3-9-21-38/h1-35H. The Morgan fingerprint density at radius 3 is 1.08 bits per heavy atom. The summed E-state index contributed by atoms with van der Waals surface area (Å²) in [5.74, 6) is 2.63. The summed E-state index contributed by atoms with van der Waals surface area (Å²) in [7, 11) is 0. The van der Waals surface area contributed by atoms with Crippen LogP contribution in [0.4, 0.5) is 0 Å². The van der Waals surface area contributed by atoms with Crippen LogP contribution >= 0.6 is 11.3 Å². The van der Waals surface area contributed by atoms with Gasteiger partial charge >= 0.3 is 0 Å². The minimum Gasteiger partial charge on any atom is -0.227 e. The van der Waals surface area contributed by atoms with E-state index in [2.05, 4.69) is 146 Å². The van der Waals surface area contributed by atoms with Gasteiger partial charge < -0.3 is 0 Å². The van der Waals surface area contributed by atoms with Crippen LogP contribution in [0.1, 0.15) is 0 Å². The summed E-state index contributed by atoms with van der Waals surface area (Å²) in [6, 6.07) is 73.6. The van der Waals surface area contributed by atoms with Crippen molar-refractivity contribution in [2.24, 2.45) is 0 Å². The molecule has 0 amide bonds. The topological polar surface area (TPSA) is 64.5 Å². The highest BCUT2D eigenvalue weighted by Gasteiger charge is 2.18. The third-order valence-corrected chi connectivity index (χ3v) is 12.0. The predicted molar refractivity (Wildman–Crippen MR) is 252 cm³/mol. The molecule has 0 N–H and O–H groups in total. The van der Waals surface area contributed by atoms with Crippen molar-refractivity contribution in [1.29, 1.82) is 0 Å². The molecule has 3 aromatic heterocycles. The van der Waals surface area contributed by atoms with E-state index in [9.17, 15) is 0 Å². The quantitative estimate of drug-likeness (QED) is 0.153. The summed E-state index contributed by atoms with van der Waals surface area (Å²) in [5, 5.41) is 2.29. The third kappa shape index (κ3) is 7.16. The molecule has 0 saturated heterocycles. The van der Waals surface area contributed by atoms with E-state index in [0.29, 0.717) is 17.5 Å². The highest BCUT2D eigenvalue weighted by atomic mass is 32.1. The predicted octanol–water partition coefficient (Wildman–Crippen LogP) is 14.4. The molecular weight excluding hydrogens is 763 g/mol. The Bertz CT molecular complexity index is 3310. The number of fused-ring (bicyclic) bond motifs is 3. The number of nitrogens with zero attached hydrogens (tertiary/aromatic N) is 5. The first-order chi connectivity index (χ1) is 30.2. The van der Waals surface area contributed by atoms with Crippen molar-refractivity contribution in [2.45, 2.75) is 0 Å². The Balaban J connectivity index is 0.929. The average Bonchev–Trinajstić information content (AvgIpc) is 3.73. The van der Waals surface area contributed by atoms with Crippen LogP contribution in [-0.4, -0.2) is 24.9 Å². The summed E-state index contributed by atoms with van der Waals surface area (Å²) in [6.07, 6.45) is 0. The lowest BCUT2D eigenvalue weighted by molar-refractivity contribution is 1.07. The Labute approximate surface area is 357 Å². The fourth-order valence-corrected chi connectivity index (χ4v) is 9.00. The van der Waals surface area contributed by atoms with Gasteiger partial charge in [0.1, 0.15) is 4.83 Å². The van der Waals surface area contributed by atoms with Gasteiger partial charge in [-0.2, -0.15) is 0 Å². The van der Waals surface area contributed by atoms with Crippen LogP contribution in [0.3, 0.4) is 0 Å². The summed E-state index contributed by atoms with van der Waals surface area (Å²) >= 11 is 1.72. The van der Waals surface area contributed by atoms with Crippen LogP contribution in [0.2, 0.25) is 0 Å². The fraction of sp³-hybridized carbons (Fsp3) is 0. The van der Waals surface area contributed by atoms with Gasteiger partial charge in [0.25, 0.3) is 0 Å². The number of benzene rings is 8. The molecule has 11 aromatic rings. The van der Waals surface area contributed by atoms with E-state index in [-0.39, 0.29) is 0 Å². The number of thiophene rings is 1. The van der Waals surface area contributed by atoms with Gasteiger partial charge in [0.2, 0.25) is 0 Å². The van der Waals surface area contributed by atoms with Crippen molar-refractivity contribution >= 4 is 31.6 Å². The van der Waals surface area contributed by atoms with Crippen LogP contribution in [0.25, 0.3) is 110 Å². The van der Waals surface area contributed by atoms with E-state index in [1.165, 1.54) is 10.1 Å². The van der Waals surface area contributed by atoms with Crippen molar-refractivity contribution in [3.8, 4) is 90.2 Å². The van der Waals surface area contributed by atoms with Crippen LogP contribution in [-0.2, 0) is 0 Å². The largest absolute Gasteiger partial charge is 0.227 e. The first kappa shape index (κ1) is 36.2. The second kappa shape index (κ2) is 15.7. The SMILES string of the molecule is c1ccc(-c2nc(-c3ccccc3)nc(-c3cccc(-c4cccc(-c5cccc(-c6cccc(-c7nc(-c8ccccc8)c8c(n7)sc7ccccc78)c6)c5)c4)c3)n2)cc1. The van der Waals surface area contributed by atoms with E-state index in [1.807, 2.05) is 66.7 Å². The maximum Gasteiger partial charge on any atom is 0.164 e. The second-order valence-electron chi connectivity index (χ2n) is 14.9. The molecule has 0 radical (unpaired) electrons. The first-order valence-electron chi connectivity index (χ1n) is 20.2. The van der Waals surface area contributed by atoms with Gasteiger partial charge in [-0.1, -0.05) is 182 Å². The number of hydrogen-bond donors (Lipinski definition) is 0. The summed E-state index contributed by atoms with van der Waals surface area (Å²) in [6.45, 7) is 0. The van der Waals surface area contributed by atoms with Gasteiger partial charge in [0.05, 0.1) is 5.69 Å². The first-order valence-corrected chi connectivity index (χ1v) is 21.1. The highest BCUT2D eigenvalue weighted by molar-refractivity contribution is 7.25. The van der Waals surface area contributed by atoms with Gasteiger partial charge in [-0.3, -0.25) is 0 Å². The molecule has 0 aliphatic carbocycles. The van der Waals surface area contributed by atoms with Gasteiger partial charge in [0.15, 0.2) is 23.3 Å². The zero-order valence-corrected chi connectivity index (χ0v) is 33.7. The molecule has 5 nitrogen and oxygen atoms in total. The maximum absolute atomic E-state index is 5.25. The Morgan fingerprint density at radius 2 is 0.607 bits per heavy atom. The van der Waals surface area contributed by atoms with Gasteiger partial charge in [-0.25, -0.2) is 24.9 Å². The Morgan fingerprint density at radius 1 is 0.262 bits per heavy atom. The molecule has 0 aliphatic heterocycles. The molecule has 0 atom stereocenters. The second-order valence-corrected chi connectivity index (χ2v) is 15.9. The van der Waals surface area contributed by atoms with Crippen molar-refractivity contribution in [2.75, 3.05) is 0 Å². The van der Waals surface area contributed by atoms with Crippen molar-refractivity contribution in [3.05, 3.63) is 212 Å². The maximum atomic E-state index is 5.25. The molecule has 0 bridgehead atoms. The van der Waals surface area contributed by atoms with Crippen molar-refractivity contribution in [1.82, 2.24) is 24.9 Å².